The second-order valence-electron chi connectivity index (χ2n) is 9.45. The van der Waals surface area contributed by atoms with E-state index < -0.39 is 6.04 Å². The van der Waals surface area contributed by atoms with Gasteiger partial charge in [0.25, 0.3) is 0 Å². The minimum Gasteiger partial charge on any atom is -0.344 e. The highest BCUT2D eigenvalue weighted by atomic mass is 16.2. The molecule has 2 fully saturated rings. The number of carbonyl (C=O) groups is 3. The van der Waals surface area contributed by atoms with E-state index in [9.17, 15) is 14.4 Å². The minimum atomic E-state index is -0.506. The maximum Gasteiger partial charge on any atom is 0.245 e. The summed E-state index contributed by atoms with van der Waals surface area (Å²) in [5, 5.41) is 3.05. The molecule has 170 valence electrons. The lowest BCUT2D eigenvalue weighted by Gasteiger charge is -2.41. The summed E-state index contributed by atoms with van der Waals surface area (Å²) in [5.74, 6) is 0.150. The molecule has 6 heteroatoms. The van der Waals surface area contributed by atoms with Crippen molar-refractivity contribution < 1.29 is 14.4 Å². The summed E-state index contributed by atoms with van der Waals surface area (Å²) in [6.45, 7) is 7.49. The van der Waals surface area contributed by atoms with Crippen LogP contribution in [0.5, 0.6) is 0 Å². The van der Waals surface area contributed by atoms with Crippen molar-refractivity contribution in [3.8, 4) is 0 Å². The maximum absolute atomic E-state index is 13.3. The van der Waals surface area contributed by atoms with Gasteiger partial charge in [-0.05, 0) is 31.2 Å². The predicted molar refractivity (Wildman–Crippen MR) is 121 cm³/mol. The number of hydrogen-bond acceptors (Lipinski definition) is 3. The van der Waals surface area contributed by atoms with Crippen molar-refractivity contribution in [1.82, 2.24) is 15.1 Å². The van der Waals surface area contributed by atoms with Gasteiger partial charge in [0.05, 0.1) is 6.42 Å². The highest BCUT2D eigenvalue weighted by Gasteiger charge is 2.35. The fourth-order valence-electron chi connectivity index (χ4n) is 4.75. The van der Waals surface area contributed by atoms with Crippen molar-refractivity contribution in [2.45, 2.75) is 71.4 Å². The molecule has 1 aromatic rings. The van der Waals surface area contributed by atoms with E-state index in [-0.39, 0.29) is 35.6 Å². The van der Waals surface area contributed by atoms with E-state index in [1.54, 1.807) is 0 Å². The number of piperazine rings is 1. The first-order valence-electron chi connectivity index (χ1n) is 11.8. The van der Waals surface area contributed by atoms with Crippen LogP contribution in [0.25, 0.3) is 0 Å². The minimum absolute atomic E-state index is 0.0214. The van der Waals surface area contributed by atoms with Crippen LogP contribution in [0.4, 0.5) is 0 Å². The Bertz CT molecular complexity index is 759. The van der Waals surface area contributed by atoms with E-state index in [2.05, 4.69) is 5.32 Å². The predicted octanol–water partition coefficient (Wildman–Crippen LogP) is 3.01. The summed E-state index contributed by atoms with van der Waals surface area (Å²) >= 11 is 0. The average Bonchev–Trinajstić information content (AvgIpc) is 2.77. The zero-order valence-corrected chi connectivity index (χ0v) is 19.2. The molecule has 6 nitrogen and oxygen atoms in total. The van der Waals surface area contributed by atoms with Crippen LogP contribution in [-0.4, -0.2) is 59.2 Å². The van der Waals surface area contributed by atoms with E-state index in [0.717, 1.165) is 31.2 Å². The zero-order valence-electron chi connectivity index (χ0n) is 19.2. The lowest BCUT2D eigenvalue weighted by molar-refractivity contribution is -0.145. The van der Waals surface area contributed by atoms with Crippen LogP contribution in [-0.2, 0) is 20.8 Å². The molecular formula is C25H37N3O3. The number of rotatable bonds is 6. The number of hydrogen-bond donors (Lipinski definition) is 1. The van der Waals surface area contributed by atoms with Gasteiger partial charge in [0.2, 0.25) is 17.7 Å². The quantitative estimate of drug-likeness (QED) is 0.759. The fraction of sp³-hybridized carbons (Fsp3) is 0.640. The molecular weight excluding hydrogens is 390 g/mol. The Balaban J connectivity index is 1.57. The van der Waals surface area contributed by atoms with Gasteiger partial charge in [-0.3, -0.25) is 14.4 Å². The lowest BCUT2D eigenvalue weighted by Crippen LogP contribution is -2.60. The van der Waals surface area contributed by atoms with Crippen molar-refractivity contribution in [2.24, 2.45) is 11.8 Å². The van der Waals surface area contributed by atoms with Gasteiger partial charge in [-0.25, -0.2) is 0 Å². The second kappa shape index (κ2) is 10.8. The van der Waals surface area contributed by atoms with Crippen LogP contribution in [0, 0.1) is 11.8 Å². The molecule has 1 N–H and O–H groups in total. The molecule has 0 bridgehead atoms. The molecule has 2 unspecified atom stereocenters. The van der Waals surface area contributed by atoms with Gasteiger partial charge in [0.15, 0.2) is 0 Å². The molecule has 3 rings (SSSR count). The van der Waals surface area contributed by atoms with E-state index >= 15 is 0 Å². The van der Waals surface area contributed by atoms with Crippen LogP contribution < -0.4 is 5.32 Å². The molecule has 0 aromatic heterocycles. The Kier molecular flexibility index (Phi) is 8.10. The fourth-order valence-corrected chi connectivity index (χ4v) is 4.75. The Morgan fingerprint density at radius 1 is 1.03 bits per heavy atom. The van der Waals surface area contributed by atoms with E-state index in [1.807, 2.05) is 60.9 Å². The maximum atomic E-state index is 13.3. The Labute approximate surface area is 186 Å². The van der Waals surface area contributed by atoms with Gasteiger partial charge in [-0.15, -0.1) is 0 Å². The van der Waals surface area contributed by atoms with Crippen LogP contribution >= 0.6 is 0 Å². The first-order chi connectivity index (χ1) is 14.9. The smallest absolute Gasteiger partial charge is 0.245 e. The molecule has 1 aliphatic heterocycles. The summed E-state index contributed by atoms with van der Waals surface area (Å²) in [4.78, 5) is 42.5. The van der Waals surface area contributed by atoms with Gasteiger partial charge in [0, 0.05) is 31.6 Å². The summed E-state index contributed by atoms with van der Waals surface area (Å²) in [6, 6.07) is 9.20. The Morgan fingerprint density at radius 3 is 2.32 bits per heavy atom. The Hall–Kier alpha value is -2.37. The van der Waals surface area contributed by atoms with Gasteiger partial charge < -0.3 is 15.1 Å². The molecule has 31 heavy (non-hydrogen) atoms. The van der Waals surface area contributed by atoms with Crippen molar-refractivity contribution >= 4 is 17.7 Å². The molecule has 2 atom stereocenters. The first kappa shape index (κ1) is 23.3. The molecule has 2 aliphatic rings. The third-order valence-corrected chi connectivity index (χ3v) is 6.66. The number of nitrogens with one attached hydrogen (secondary N) is 1. The topological polar surface area (TPSA) is 69.7 Å². The molecule has 1 heterocycles. The van der Waals surface area contributed by atoms with Gasteiger partial charge >= 0.3 is 0 Å². The molecule has 3 amide bonds. The average molecular weight is 428 g/mol. The van der Waals surface area contributed by atoms with Crippen LogP contribution in [0.3, 0.4) is 0 Å². The molecule has 0 radical (unpaired) electrons. The largest absolute Gasteiger partial charge is 0.344 e. The number of nitrogens with zero attached hydrogens (tertiary/aromatic N) is 2. The van der Waals surface area contributed by atoms with E-state index in [0.29, 0.717) is 26.1 Å². The standard InChI is InChI=1S/C25H37N3O3/c1-18(2)23(26-24(30)21-12-8-5-9-13-21)25(31)27-14-15-28(19(3)17-27)22(29)16-20-10-6-4-7-11-20/h4,6-7,10-11,18-19,21,23H,5,8-9,12-17H2,1-3H3,(H,26,30). The van der Waals surface area contributed by atoms with Crippen molar-refractivity contribution in [3.63, 3.8) is 0 Å². The Morgan fingerprint density at radius 2 is 1.71 bits per heavy atom. The van der Waals surface area contributed by atoms with Gasteiger partial charge in [-0.1, -0.05) is 63.4 Å². The van der Waals surface area contributed by atoms with Crippen molar-refractivity contribution in [1.29, 1.82) is 0 Å². The number of amides is 3. The number of benzene rings is 1. The van der Waals surface area contributed by atoms with Crippen molar-refractivity contribution in [2.75, 3.05) is 19.6 Å². The van der Waals surface area contributed by atoms with Crippen LogP contribution in [0.15, 0.2) is 30.3 Å². The highest BCUT2D eigenvalue weighted by Crippen LogP contribution is 2.24. The second-order valence-corrected chi connectivity index (χ2v) is 9.45. The van der Waals surface area contributed by atoms with Crippen LogP contribution in [0.1, 0.15) is 58.4 Å². The summed E-state index contributed by atoms with van der Waals surface area (Å²) in [7, 11) is 0. The SMILES string of the molecule is CC(C)C(NC(=O)C1CCCCC1)C(=O)N1CCN(C(=O)Cc2ccccc2)C(C)C1. The monoisotopic (exact) mass is 427 g/mol. The molecule has 0 spiro atoms. The van der Waals surface area contributed by atoms with Gasteiger partial charge in [-0.2, -0.15) is 0 Å². The zero-order chi connectivity index (χ0) is 22.4. The van der Waals surface area contributed by atoms with Crippen LogP contribution in [0.2, 0.25) is 0 Å². The van der Waals surface area contributed by atoms with Gasteiger partial charge in [0.1, 0.15) is 6.04 Å². The molecule has 1 saturated heterocycles. The summed E-state index contributed by atoms with van der Waals surface area (Å²) in [6.07, 6.45) is 5.60. The summed E-state index contributed by atoms with van der Waals surface area (Å²) < 4.78 is 0. The third kappa shape index (κ3) is 6.08. The lowest BCUT2D eigenvalue weighted by atomic mass is 9.88. The molecule has 1 aromatic carbocycles. The molecule has 1 saturated carbocycles. The van der Waals surface area contributed by atoms with E-state index in [4.69, 9.17) is 0 Å². The molecule has 1 aliphatic carbocycles. The van der Waals surface area contributed by atoms with E-state index in [1.165, 1.54) is 6.42 Å². The summed E-state index contributed by atoms with van der Waals surface area (Å²) in [5.41, 5.74) is 1.00. The van der Waals surface area contributed by atoms with Crippen molar-refractivity contribution in [3.05, 3.63) is 35.9 Å². The normalized spacial score (nSPS) is 21.1. The highest BCUT2D eigenvalue weighted by molar-refractivity contribution is 5.89. The number of carbonyl (C=O) groups excluding carboxylic acids is 3. The first-order valence-corrected chi connectivity index (χ1v) is 11.8. The third-order valence-electron chi connectivity index (χ3n) is 6.66.